The largest absolute Gasteiger partial charge is 0.477 e. The minimum absolute atomic E-state index is 0.00539. The molecule has 0 saturated carbocycles. The van der Waals surface area contributed by atoms with Crippen LogP contribution in [0, 0.1) is 6.92 Å². The maximum atomic E-state index is 12.3. The van der Waals surface area contributed by atoms with Gasteiger partial charge in [0.25, 0.3) is 0 Å². The maximum Gasteiger partial charge on any atom is 0.345 e. The van der Waals surface area contributed by atoms with Gasteiger partial charge in [0.15, 0.2) is 0 Å². The van der Waals surface area contributed by atoms with E-state index in [0.717, 1.165) is 11.3 Å². The molecule has 0 bridgehead atoms. The number of aryl methyl sites for hydroxylation is 1. The summed E-state index contributed by atoms with van der Waals surface area (Å²) in [7, 11) is -3.69. The summed E-state index contributed by atoms with van der Waals surface area (Å²) < 4.78 is 25.7. The monoisotopic (exact) mass is 291 g/mol. The first kappa shape index (κ1) is 13.5. The third-order valence-corrected chi connectivity index (χ3v) is 5.99. The van der Waals surface area contributed by atoms with Crippen LogP contribution in [0.15, 0.2) is 11.0 Å². The molecule has 8 heteroatoms. The van der Waals surface area contributed by atoms with Gasteiger partial charge in [-0.3, -0.25) is 0 Å². The highest BCUT2D eigenvalue weighted by molar-refractivity contribution is 7.89. The van der Waals surface area contributed by atoms with Gasteiger partial charge in [0.05, 0.1) is 11.0 Å². The van der Waals surface area contributed by atoms with E-state index in [-0.39, 0.29) is 22.9 Å². The van der Waals surface area contributed by atoms with Crippen molar-refractivity contribution < 1.29 is 23.4 Å². The van der Waals surface area contributed by atoms with Crippen LogP contribution in [-0.4, -0.2) is 48.1 Å². The number of aromatic carboxylic acids is 1. The fourth-order valence-electron chi connectivity index (χ4n) is 1.89. The quantitative estimate of drug-likeness (QED) is 0.846. The highest BCUT2D eigenvalue weighted by Gasteiger charge is 2.33. The molecule has 1 unspecified atom stereocenters. The van der Waals surface area contributed by atoms with Crippen molar-refractivity contribution in [1.29, 1.82) is 0 Å². The molecule has 1 aliphatic rings. The molecule has 1 aliphatic heterocycles. The molecular formula is C10H13NO5S2. The van der Waals surface area contributed by atoms with Crippen molar-refractivity contribution >= 4 is 27.3 Å². The Morgan fingerprint density at radius 2 is 2.22 bits per heavy atom. The normalized spacial score (nSPS) is 21.3. The summed E-state index contributed by atoms with van der Waals surface area (Å²) in [5.74, 6) is -1.13. The minimum atomic E-state index is -3.69. The summed E-state index contributed by atoms with van der Waals surface area (Å²) in [5.41, 5.74) is 0. The molecule has 1 aromatic heterocycles. The van der Waals surface area contributed by atoms with Crippen molar-refractivity contribution in [3.8, 4) is 0 Å². The Kier molecular flexibility index (Phi) is 3.45. The van der Waals surface area contributed by atoms with E-state index in [1.54, 1.807) is 6.92 Å². The molecule has 1 aromatic rings. The van der Waals surface area contributed by atoms with Crippen molar-refractivity contribution in [2.75, 3.05) is 13.1 Å². The Hall–Kier alpha value is -0.960. The number of nitrogens with zero attached hydrogens (tertiary/aromatic N) is 1. The van der Waals surface area contributed by atoms with Crippen LogP contribution in [0.4, 0.5) is 0 Å². The van der Waals surface area contributed by atoms with E-state index < -0.39 is 22.1 Å². The first-order valence-electron chi connectivity index (χ1n) is 5.34. The molecule has 0 amide bonds. The Morgan fingerprint density at radius 1 is 1.56 bits per heavy atom. The van der Waals surface area contributed by atoms with Crippen LogP contribution in [0.3, 0.4) is 0 Å². The van der Waals surface area contributed by atoms with Crippen molar-refractivity contribution in [3.63, 3.8) is 0 Å². The van der Waals surface area contributed by atoms with E-state index >= 15 is 0 Å². The van der Waals surface area contributed by atoms with Gasteiger partial charge in [-0.05, 0) is 19.4 Å². The summed E-state index contributed by atoms with van der Waals surface area (Å²) in [5, 5.41) is 18.2. The highest BCUT2D eigenvalue weighted by atomic mass is 32.2. The zero-order valence-electron chi connectivity index (χ0n) is 9.66. The Labute approximate surface area is 109 Å². The zero-order chi connectivity index (χ0) is 13.5. The maximum absolute atomic E-state index is 12.3. The number of carbonyl (C=O) groups is 1. The third kappa shape index (κ3) is 2.28. The highest BCUT2D eigenvalue weighted by Crippen LogP contribution is 2.29. The van der Waals surface area contributed by atoms with E-state index in [1.807, 2.05) is 0 Å². The average Bonchev–Trinajstić information content (AvgIpc) is 2.85. The van der Waals surface area contributed by atoms with Gasteiger partial charge in [-0.2, -0.15) is 4.31 Å². The van der Waals surface area contributed by atoms with Gasteiger partial charge in [0.1, 0.15) is 4.88 Å². The molecule has 6 nitrogen and oxygen atoms in total. The summed E-state index contributed by atoms with van der Waals surface area (Å²) in [6.45, 7) is 1.91. The Balaban J connectivity index is 2.38. The smallest absolute Gasteiger partial charge is 0.345 e. The molecule has 1 saturated heterocycles. The van der Waals surface area contributed by atoms with Crippen LogP contribution in [-0.2, 0) is 10.0 Å². The van der Waals surface area contributed by atoms with Crippen molar-refractivity contribution in [1.82, 2.24) is 4.31 Å². The molecule has 2 heterocycles. The number of aliphatic hydroxyl groups excluding tert-OH is 1. The standard InChI is InChI=1S/C10H13NO5S2/c1-6-9(4-8(17-6)10(13)14)18(15,16)11-3-2-7(12)5-11/h4,7,12H,2-3,5H2,1H3,(H,13,14). The number of sulfonamides is 1. The molecule has 100 valence electrons. The summed E-state index contributed by atoms with van der Waals surface area (Å²) in [4.78, 5) is 11.3. The number of rotatable bonds is 3. The predicted molar refractivity (Wildman–Crippen MR) is 65.4 cm³/mol. The molecule has 2 N–H and O–H groups in total. The molecule has 18 heavy (non-hydrogen) atoms. The van der Waals surface area contributed by atoms with E-state index in [1.165, 1.54) is 10.4 Å². The minimum Gasteiger partial charge on any atom is -0.477 e. The van der Waals surface area contributed by atoms with Gasteiger partial charge in [0, 0.05) is 18.0 Å². The molecule has 2 rings (SSSR count). The van der Waals surface area contributed by atoms with Crippen LogP contribution in [0.5, 0.6) is 0 Å². The van der Waals surface area contributed by atoms with Gasteiger partial charge in [0.2, 0.25) is 10.0 Å². The van der Waals surface area contributed by atoms with Gasteiger partial charge in [-0.15, -0.1) is 11.3 Å². The lowest BCUT2D eigenvalue weighted by Gasteiger charge is -2.15. The van der Waals surface area contributed by atoms with Crippen LogP contribution in [0.1, 0.15) is 21.0 Å². The first-order valence-corrected chi connectivity index (χ1v) is 7.60. The second-order valence-corrected chi connectivity index (χ2v) is 7.30. The third-order valence-electron chi connectivity index (χ3n) is 2.83. The topological polar surface area (TPSA) is 94.9 Å². The predicted octanol–water partition coefficient (Wildman–Crippen LogP) is 0.510. The van der Waals surface area contributed by atoms with E-state index in [9.17, 15) is 18.3 Å². The molecule has 0 aliphatic carbocycles. The molecule has 1 atom stereocenters. The number of hydrogen-bond donors (Lipinski definition) is 2. The molecule has 0 aromatic carbocycles. The van der Waals surface area contributed by atoms with E-state index in [4.69, 9.17) is 5.11 Å². The second-order valence-electron chi connectivity index (χ2n) is 4.14. The van der Waals surface area contributed by atoms with E-state index in [0.29, 0.717) is 11.3 Å². The lowest BCUT2D eigenvalue weighted by molar-refractivity contribution is 0.0702. The van der Waals surface area contributed by atoms with Crippen LogP contribution < -0.4 is 0 Å². The second kappa shape index (κ2) is 4.61. The first-order chi connectivity index (χ1) is 8.32. The summed E-state index contributed by atoms with van der Waals surface area (Å²) in [6.07, 6.45) is -0.230. The fourth-order valence-corrected chi connectivity index (χ4v) is 4.79. The van der Waals surface area contributed by atoms with Crippen LogP contribution >= 0.6 is 11.3 Å². The van der Waals surface area contributed by atoms with Crippen molar-refractivity contribution in [2.24, 2.45) is 0 Å². The number of carboxylic acid groups (broad SMARTS) is 1. The Bertz CT molecular complexity index is 577. The van der Waals surface area contributed by atoms with Gasteiger partial charge in [-0.25, -0.2) is 13.2 Å². The molecule has 0 spiro atoms. The molecule has 0 radical (unpaired) electrons. The fraction of sp³-hybridized carbons (Fsp3) is 0.500. The van der Waals surface area contributed by atoms with Crippen LogP contribution in [0.2, 0.25) is 0 Å². The van der Waals surface area contributed by atoms with Gasteiger partial charge >= 0.3 is 5.97 Å². The lowest BCUT2D eigenvalue weighted by atomic mass is 10.3. The van der Waals surface area contributed by atoms with Crippen molar-refractivity contribution in [2.45, 2.75) is 24.3 Å². The Morgan fingerprint density at radius 3 is 2.67 bits per heavy atom. The number of β-amino-alcohol motifs (C(OH)–C–C–N with tert-alkyl or cyclic N) is 1. The zero-order valence-corrected chi connectivity index (χ0v) is 11.3. The number of thiophene rings is 1. The average molecular weight is 291 g/mol. The van der Waals surface area contributed by atoms with E-state index in [2.05, 4.69) is 0 Å². The van der Waals surface area contributed by atoms with Crippen LogP contribution in [0.25, 0.3) is 0 Å². The lowest BCUT2D eigenvalue weighted by Crippen LogP contribution is -2.29. The van der Waals surface area contributed by atoms with Gasteiger partial charge in [-0.1, -0.05) is 0 Å². The number of aliphatic hydroxyl groups is 1. The summed E-state index contributed by atoms with van der Waals surface area (Å²) in [6, 6.07) is 1.18. The number of carboxylic acids is 1. The SMILES string of the molecule is Cc1sc(C(=O)O)cc1S(=O)(=O)N1CCC(O)C1. The number of hydrogen-bond acceptors (Lipinski definition) is 5. The molecular weight excluding hydrogens is 278 g/mol. The van der Waals surface area contributed by atoms with Crippen molar-refractivity contribution in [3.05, 3.63) is 15.8 Å². The summed E-state index contributed by atoms with van der Waals surface area (Å²) >= 11 is 0.941. The molecule has 1 fully saturated rings. The van der Waals surface area contributed by atoms with Gasteiger partial charge < -0.3 is 10.2 Å².